The Bertz CT molecular complexity index is 776. The number of nitrogens with two attached hydrogens (primary N) is 1. The Morgan fingerprint density at radius 2 is 1.92 bits per heavy atom. The highest BCUT2D eigenvalue weighted by molar-refractivity contribution is 5.93. The second-order valence-corrected chi connectivity index (χ2v) is 4.49. The van der Waals surface area contributed by atoms with Gasteiger partial charge in [0.2, 0.25) is 0 Å². The van der Waals surface area contributed by atoms with E-state index in [0.29, 0.717) is 6.07 Å². The van der Waals surface area contributed by atoms with E-state index in [2.05, 4.69) is 14.7 Å². The van der Waals surface area contributed by atoms with E-state index in [9.17, 15) is 22.4 Å². The molecule has 0 aliphatic carbocycles. The fraction of sp³-hybridized carbons (Fsp3) is 0.214. The number of hydrogen-bond donors (Lipinski definition) is 1. The van der Waals surface area contributed by atoms with E-state index in [1.165, 1.54) is 0 Å². The standard InChI is InChI=1S/C14H11F4N3O3/c1-23-12-9(19)8(15)10(21-11(12)13(22)24-2)6-3-4-7(20-5-6)14(16,17)18/h3-5H,1-2H3,(H2,19,21). The number of carbonyl (C=O) groups is 1. The molecule has 2 aromatic heterocycles. The summed E-state index contributed by atoms with van der Waals surface area (Å²) in [7, 11) is 2.22. The van der Waals surface area contributed by atoms with Crippen LogP contribution in [0.1, 0.15) is 16.2 Å². The molecule has 128 valence electrons. The molecule has 0 fully saturated rings. The summed E-state index contributed by atoms with van der Waals surface area (Å²) >= 11 is 0. The van der Waals surface area contributed by atoms with Gasteiger partial charge in [0.1, 0.15) is 17.1 Å². The number of anilines is 1. The number of esters is 1. The van der Waals surface area contributed by atoms with Crippen LogP contribution in [0.4, 0.5) is 23.2 Å². The molecule has 0 saturated heterocycles. The molecule has 0 aromatic carbocycles. The van der Waals surface area contributed by atoms with Gasteiger partial charge in [0.15, 0.2) is 17.3 Å². The van der Waals surface area contributed by atoms with Crippen molar-refractivity contribution in [3.05, 3.63) is 35.5 Å². The maximum absolute atomic E-state index is 14.3. The molecule has 0 aliphatic rings. The van der Waals surface area contributed by atoms with Crippen LogP contribution in [0, 0.1) is 5.82 Å². The van der Waals surface area contributed by atoms with Gasteiger partial charge >= 0.3 is 12.1 Å². The van der Waals surface area contributed by atoms with Gasteiger partial charge in [-0.25, -0.2) is 14.2 Å². The molecule has 0 aliphatic heterocycles. The number of ether oxygens (including phenoxy) is 2. The molecular weight excluding hydrogens is 334 g/mol. The molecule has 0 amide bonds. The highest BCUT2D eigenvalue weighted by atomic mass is 19.4. The number of nitrogens with zero attached hydrogens (tertiary/aromatic N) is 2. The predicted molar refractivity (Wildman–Crippen MR) is 74.7 cm³/mol. The van der Waals surface area contributed by atoms with Crippen LogP contribution in [0.5, 0.6) is 5.75 Å². The van der Waals surface area contributed by atoms with E-state index in [4.69, 9.17) is 10.5 Å². The van der Waals surface area contributed by atoms with Crippen molar-refractivity contribution in [2.24, 2.45) is 0 Å². The number of hydrogen-bond acceptors (Lipinski definition) is 6. The topological polar surface area (TPSA) is 87.3 Å². The van der Waals surface area contributed by atoms with Crippen molar-refractivity contribution in [1.29, 1.82) is 0 Å². The lowest BCUT2D eigenvalue weighted by Gasteiger charge is -2.13. The molecular formula is C14H11F4N3O3. The van der Waals surface area contributed by atoms with E-state index >= 15 is 0 Å². The van der Waals surface area contributed by atoms with Gasteiger partial charge in [-0.05, 0) is 12.1 Å². The Labute approximate surface area is 133 Å². The highest BCUT2D eigenvalue weighted by Crippen LogP contribution is 2.35. The molecule has 0 unspecified atom stereocenters. The quantitative estimate of drug-likeness (QED) is 0.680. The van der Waals surface area contributed by atoms with Crippen molar-refractivity contribution in [2.75, 3.05) is 20.0 Å². The minimum Gasteiger partial charge on any atom is -0.492 e. The van der Waals surface area contributed by atoms with Crippen molar-refractivity contribution in [3.8, 4) is 17.0 Å². The van der Waals surface area contributed by atoms with Crippen molar-refractivity contribution in [3.63, 3.8) is 0 Å². The number of nitrogen functional groups attached to an aromatic ring is 1. The lowest BCUT2D eigenvalue weighted by atomic mass is 10.1. The number of rotatable bonds is 3. The molecule has 2 N–H and O–H groups in total. The Hall–Kier alpha value is -2.91. The molecule has 0 radical (unpaired) electrons. The zero-order valence-electron chi connectivity index (χ0n) is 12.4. The fourth-order valence-electron chi connectivity index (χ4n) is 1.90. The summed E-state index contributed by atoms with van der Waals surface area (Å²) < 4.78 is 61.3. The minimum atomic E-state index is -4.64. The van der Waals surface area contributed by atoms with Crippen molar-refractivity contribution in [1.82, 2.24) is 9.97 Å². The summed E-state index contributed by atoms with van der Waals surface area (Å²) in [6.45, 7) is 0. The van der Waals surface area contributed by atoms with Crippen LogP contribution in [0.15, 0.2) is 18.3 Å². The number of halogens is 4. The summed E-state index contributed by atoms with van der Waals surface area (Å²) in [6, 6.07) is 1.63. The number of pyridine rings is 2. The predicted octanol–water partition coefficient (Wildman–Crippen LogP) is 2.68. The molecule has 2 aromatic rings. The lowest BCUT2D eigenvalue weighted by Crippen LogP contribution is -2.12. The number of carbonyl (C=O) groups excluding carboxylic acids is 1. The minimum absolute atomic E-state index is 0.0972. The smallest absolute Gasteiger partial charge is 0.433 e. The Kier molecular flexibility index (Phi) is 4.58. The maximum Gasteiger partial charge on any atom is 0.433 e. The van der Waals surface area contributed by atoms with Gasteiger partial charge < -0.3 is 15.2 Å². The molecule has 6 nitrogen and oxygen atoms in total. The van der Waals surface area contributed by atoms with Gasteiger partial charge in [0.05, 0.1) is 14.2 Å². The molecule has 0 saturated carbocycles. The normalized spacial score (nSPS) is 11.2. The van der Waals surface area contributed by atoms with Crippen molar-refractivity contribution in [2.45, 2.75) is 6.18 Å². The van der Waals surface area contributed by atoms with E-state index in [1.807, 2.05) is 0 Å². The molecule has 0 bridgehead atoms. The first kappa shape index (κ1) is 17.4. The molecule has 2 heterocycles. The largest absolute Gasteiger partial charge is 0.492 e. The first-order valence-electron chi connectivity index (χ1n) is 6.35. The summed E-state index contributed by atoms with van der Waals surface area (Å²) in [5.41, 5.74) is 2.94. The molecule has 10 heteroatoms. The van der Waals surface area contributed by atoms with Gasteiger partial charge in [-0.1, -0.05) is 0 Å². The van der Waals surface area contributed by atoms with Gasteiger partial charge in [-0.2, -0.15) is 13.2 Å². The summed E-state index contributed by atoms with van der Waals surface area (Å²) in [5, 5.41) is 0. The van der Waals surface area contributed by atoms with Gasteiger partial charge in [0, 0.05) is 11.8 Å². The van der Waals surface area contributed by atoms with Gasteiger partial charge in [-0.15, -0.1) is 0 Å². The van der Waals surface area contributed by atoms with Crippen LogP contribution >= 0.6 is 0 Å². The number of aromatic nitrogens is 2. The summed E-state index contributed by atoms with van der Waals surface area (Å²) in [5.74, 6) is -2.33. The SMILES string of the molecule is COC(=O)c1nc(-c2ccc(C(F)(F)F)nc2)c(F)c(N)c1OC. The molecule has 2 rings (SSSR count). The third-order valence-corrected chi connectivity index (χ3v) is 3.04. The molecule has 0 spiro atoms. The van der Waals surface area contributed by atoms with Gasteiger partial charge in [0.25, 0.3) is 0 Å². The zero-order chi connectivity index (χ0) is 18.1. The number of methoxy groups -OCH3 is 2. The summed E-state index contributed by atoms with van der Waals surface area (Å²) in [6.07, 6.45) is -3.86. The van der Waals surface area contributed by atoms with Crippen molar-refractivity contribution >= 4 is 11.7 Å². The average Bonchev–Trinajstić information content (AvgIpc) is 2.55. The molecule has 0 atom stereocenters. The number of alkyl halides is 3. The maximum atomic E-state index is 14.3. The van der Waals surface area contributed by atoms with E-state index in [-0.39, 0.29) is 11.3 Å². The van der Waals surface area contributed by atoms with Crippen LogP contribution < -0.4 is 10.5 Å². The first-order valence-corrected chi connectivity index (χ1v) is 6.35. The monoisotopic (exact) mass is 345 g/mol. The Balaban J connectivity index is 2.62. The van der Waals surface area contributed by atoms with Crippen LogP contribution in [-0.4, -0.2) is 30.2 Å². The zero-order valence-corrected chi connectivity index (χ0v) is 12.4. The molecule has 24 heavy (non-hydrogen) atoms. The first-order chi connectivity index (χ1) is 11.2. The third kappa shape index (κ3) is 3.07. The van der Waals surface area contributed by atoms with E-state index in [0.717, 1.165) is 26.5 Å². The Morgan fingerprint density at radius 3 is 2.38 bits per heavy atom. The van der Waals surface area contributed by atoms with Gasteiger partial charge in [-0.3, -0.25) is 4.98 Å². The van der Waals surface area contributed by atoms with Crippen molar-refractivity contribution < 1.29 is 31.8 Å². The fourth-order valence-corrected chi connectivity index (χ4v) is 1.90. The second-order valence-electron chi connectivity index (χ2n) is 4.49. The average molecular weight is 345 g/mol. The van der Waals surface area contributed by atoms with Crippen LogP contribution in [0.3, 0.4) is 0 Å². The second kappa shape index (κ2) is 6.30. The lowest BCUT2D eigenvalue weighted by molar-refractivity contribution is -0.141. The summed E-state index contributed by atoms with van der Waals surface area (Å²) in [4.78, 5) is 18.7. The van der Waals surface area contributed by atoms with Crippen LogP contribution in [0.2, 0.25) is 0 Å². The van der Waals surface area contributed by atoms with E-state index < -0.39 is 40.7 Å². The Morgan fingerprint density at radius 1 is 1.25 bits per heavy atom. The van der Waals surface area contributed by atoms with Crippen LogP contribution in [0.25, 0.3) is 11.3 Å². The van der Waals surface area contributed by atoms with E-state index in [1.54, 1.807) is 0 Å². The highest BCUT2D eigenvalue weighted by Gasteiger charge is 2.32. The third-order valence-electron chi connectivity index (χ3n) is 3.04. The van der Waals surface area contributed by atoms with Crippen LogP contribution in [-0.2, 0) is 10.9 Å².